The number of para-hydroxylation sites is 1. The molecule has 5 nitrogen and oxygen atoms in total. The highest BCUT2D eigenvalue weighted by Gasteiger charge is 2.15. The zero-order valence-corrected chi connectivity index (χ0v) is 13.1. The van der Waals surface area contributed by atoms with Crippen LogP contribution in [0.2, 0.25) is 0 Å². The minimum Gasteiger partial charge on any atom is -0.465 e. The Bertz CT molecular complexity index is 508. The van der Waals surface area contributed by atoms with Crippen molar-refractivity contribution >= 4 is 17.6 Å². The summed E-state index contributed by atoms with van der Waals surface area (Å²) in [6.07, 6.45) is 7.29. The van der Waals surface area contributed by atoms with Crippen molar-refractivity contribution in [2.75, 3.05) is 19.0 Å². The van der Waals surface area contributed by atoms with E-state index in [0.717, 1.165) is 12.8 Å². The van der Waals surface area contributed by atoms with Gasteiger partial charge in [0.2, 0.25) is 5.91 Å². The van der Waals surface area contributed by atoms with E-state index in [1.165, 1.54) is 32.8 Å². The van der Waals surface area contributed by atoms with Gasteiger partial charge in [-0.2, -0.15) is 0 Å². The van der Waals surface area contributed by atoms with Gasteiger partial charge >= 0.3 is 5.97 Å². The number of hydrogen-bond donors (Lipinski definition) is 2. The molecule has 1 aliphatic carbocycles. The summed E-state index contributed by atoms with van der Waals surface area (Å²) in [7, 11) is 1.33. The van der Waals surface area contributed by atoms with Crippen molar-refractivity contribution in [3.63, 3.8) is 0 Å². The molecule has 1 amide bonds. The minimum atomic E-state index is -0.451. The van der Waals surface area contributed by atoms with Crippen LogP contribution in [0.25, 0.3) is 0 Å². The van der Waals surface area contributed by atoms with E-state index in [2.05, 4.69) is 10.6 Å². The number of carbonyl (C=O) groups is 2. The Morgan fingerprint density at radius 2 is 1.82 bits per heavy atom. The Hall–Kier alpha value is -1.88. The first-order valence-corrected chi connectivity index (χ1v) is 7.91. The molecule has 5 heteroatoms. The Balaban J connectivity index is 1.88. The molecule has 0 bridgehead atoms. The van der Waals surface area contributed by atoms with Gasteiger partial charge < -0.3 is 15.4 Å². The highest BCUT2D eigenvalue weighted by molar-refractivity contribution is 6.01. The summed E-state index contributed by atoms with van der Waals surface area (Å²) in [4.78, 5) is 23.7. The lowest BCUT2D eigenvalue weighted by Gasteiger charge is -2.16. The second-order valence-corrected chi connectivity index (χ2v) is 5.65. The Labute approximate surface area is 131 Å². The number of nitrogens with one attached hydrogen (secondary N) is 2. The van der Waals surface area contributed by atoms with Crippen LogP contribution in [0.3, 0.4) is 0 Å². The third-order valence-corrected chi connectivity index (χ3v) is 4.01. The first kappa shape index (κ1) is 16.5. The summed E-state index contributed by atoms with van der Waals surface area (Å²) < 4.78 is 4.72. The topological polar surface area (TPSA) is 67.4 Å². The van der Waals surface area contributed by atoms with Crippen molar-refractivity contribution in [2.24, 2.45) is 0 Å². The summed E-state index contributed by atoms with van der Waals surface area (Å²) >= 11 is 0. The molecule has 0 heterocycles. The highest BCUT2D eigenvalue weighted by atomic mass is 16.5. The standard InChI is InChI=1S/C17H24N2O3/c1-22-17(21)14-10-6-7-11-15(14)19-16(20)12-18-13-8-4-2-3-5-9-13/h6-7,10-11,13,18H,2-5,8-9,12H2,1H3,(H,19,20). The number of anilines is 1. The molecule has 1 saturated carbocycles. The number of rotatable bonds is 5. The summed E-state index contributed by atoms with van der Waals surface area (Å²) in [6.45, 7) is 0.264. The number of esters is 1. The van der Waals surface area contributed by atoms with Crippen LogP contribution in [-0.4, -0.2) is 31.6 Å². The molecule has 1 fully saturated rings. The third-order valence-electron chi connectivity index (χ3n) is 4.01. The van der Waals surface area contributed by atoms with Gasteiger partial charge in [-0.25, -0.2) is 4.79 Å². The summed E-state index contributed by atoms with van der Waals surface area (Å²) in [5, 5.41) is 6.09. The number of carbonyl (C=O) groups excluding carboxylic acids is 2. The van der Waals surface area contributed by atoms with Gasteiger partial charge in [0, 0.05) is 6.04 Å². The van der Waals surface area contributed by atoms with E-state index < -0.39 is 5.97 Å². The highest BCUT2D eigenvalue weighted by Crippen LogP contribution is 2.18. The zero-order chi connectivity index (χ0) is 15.8. The van der Waals surface area contributed by atoms with E-state index in [-0.39, 0.29) is 12.5 Å². The predicted molar refractivity (Wildman–Crippen MR) is 85.9 cm³/mol. The van der Waals surface area contributed by atoms with Crippen LogP contribution in [0.15, 0.2) is 24.3 Å². The Morgan fingerprint density at radius 1 is 1.14 bits per heavy atom. The van der Waals surface area contributed by atoms with E-state index in [0.29, 0.717) is 17.3 Å². The second kappa shape index (κ2) is 8.54. The van der Waals surface area contributed by atoms with Gasteiger partial charge in [0.1, 0.15) is 0 Å². The van der Waals surface area contributed by atoms with Crippen LogP contribution in [0.1, 0.15) is 48.9 Å². The van der Waals surface area contributed by atoms with Crippen LogP contribution < -0.4 is 10.6 Å². The molecule has 0 spiro atoms. The molecule has 0 saturated heterocycles. The summed E-state index contributed by atoms with van der Waals surface area (Å²) in [5.74, 6) is -0.590. The lowest BCUT2D eigenvalue weighted by atomic mass is 10.1. The van der Waals surface area contributed by atoms with Crippen molar-refractivity contribution in [1.82, 2.24) is 5.32 Å². The van der Waals surface area contributed by atoms with Gasteiger partial charge in [-0.05, 0) is 25.0 Å². The number of ether oxygens (including phenoxy) is 1. The lowest BCUT2D eigenvalue weighted by molar-refractivity contribution is -0.115. The molecule has 1 aromatic rings. The molecule has 2 rings (SSSR count). The van der Waals surface area contributed by atoms with Crippen molar-refractivity contribution < 1.29 is 14.3 Å². The molecule has 0 unspecified atom stereocenters. The maximum atomic E-state index is 12.1. The number of hydrogen-bond acceptors (Lipinski definition) is 4. The molecule has 0 atom stereocenters. The maximum absolute atomic E-state index is 12.1. The van der Waals surface area contributed by atoms with Crippen LogP contribution in [0, 0.1) is 0 Å². The molecule has 0 aromatic heterocycles. The fraction of sp³-hybridized carbons (Fsp3) is 0.529. The minimum absolute atomic E-state index is 0.138. The SMILES string of the molecule is COC(=O)c1ccccc1NC(=O)CNC1CCCCCC1. The van der Waals surface area contributed by atoms with Gasteiger partial charge in [0.25, 0.3) is 0 Å². The molecule has 22 heavy (non-hydrogen) atoms. The van der Waals surface area contributed by atoms with Crippen molar-refractivity contribution in [3.05, 3.63) is 29.8 Å². The first-order chi connectivity index (χ1) is 10.7. The van der Waals surface area contributed by atoms with Gasteiger partial charge in [0.05, 0.1) is 24.9 Å². The van der Waals surface area contributed by atoms with Gasteiger partial charge in [-0.15, -0.1) is 0 Å². The van der Waals surface area contributed by atoms with E-state index in [4.69, 9.17) is 4.74 Å². The average molecular weight is 304 g/mol. The Kier molecular flexibility index (Phi) is 6.40. The van der Waals surface area contributed by atoms with E-state index in [9.17, 15) is 9.59 Å². The molecule has 1 aliphatic rings. The summed E-state index contributed by atoms with van der Waals surface area (Å²) in [6, 6.07) is 7.28. The molecule has 0 aliphatic heterocycles. The monoisotopic (exact) mass is 304 g/mol. The van der Waals surface area contributed by atoms with Crippen molar-refractivity contribution in [2.45, 2.75) is 44.6 Å². The van der Waals surface area contributed by atoms with Gasteiger partial charge in [0.15, 0.2) is 0 Å². The fourth-order valence-electron chi connectivity index (χ4n) is 2.79. The van der Waals surface area contributed by atoms with Crippen LogP contribution >= 0.6 is 0 Å². The number of methoxy groups -OCH3 is 1. The van der Waals surface area contributed by atoms with Crippen LogP contribution in [0.4, 0.5) is 5.69 Å². The van der Waals surface area contributed by atoms with Crippen LogP contribution in [-0.2, 0) is 9.53 Å². The summed E-state index contributed by atoms with van der Waals surface area (Å²) in [5.41, 5.74) is 0.856. The molecule has 1 aromatic carbocycles. The third kappa shape index (κ3) is 4.84. The normalized spacial score (nSPS) is 15.9. The Morgan fingerprint density at radius 3 is 2.50 bits per heavy atom. The van der Waals surface area contributed by atoms with E-state index >= 15 is 0 Å². The van der Waals surface area contributed by atoms with E-state index in [1.807, 2.05) is 0 Å². The zero-order valence-electron chi connectivity index (χ0n) is 13.1. The lowest BCUT2D eigenvalue weighted by Crippen LogP contribution is -2.36. The molecular weight excluding hydrogens is 280 g/mol. The molecule has 2 N–H and O–H groups in total. The van der Waals surface area contributed by atoms with Crippen LogP contribution in [0.5, 0.6) is 0 Å². The second-order valence-electron chi connectivity index (χ2n) is 5.65. The quantitative estimate of drug-likeness (QED) is 0.648. The predicted octanol–water partition coefficient (Wildman–Crippen LogP) is 2.72. The first-order valence-electron chi connectivity index (χ1n) is 7.91. The fourth-order valence-corrected chi connectivity index (χ4v) is 2.79. The van der Waals surface area contributed by atoms with Gasteiger partial charge in [-0.3, -0.25) is 4.79 Å². The smallest absolute Gasteiger partial charge is 0.339 e. The van der Waals surface area contributed by atoms with Crippen molar-refractivity contribution in [3.8, 4) is 0 Å². The van der Waals surface area contributed by atoms with Gasteiger partial charge in [-0.1, -0.05) is 37.8 Å². The van der Waals surface area contributed by atoms with E-state index in [1.54, 1.807) is 24.3 Å². The average Bonchev–Trinajstić information content (AvgIpc) is 2.81. The molecular formula is C17H24N2O3. The maximum Gasteiger partial charge on any atom is 0.339 e. The molecule has 120 valence electrons. The van der Waals surface area contributed by atoms with Crippen molar-refractivity contribution in [1.29, 1.82) is 0 Å². The molecule has 0 radical (unpaired) electrons. The number of benzene rings is 1. The largest absolute Gasteiger partial charge is 0.465 e. The number of amides is 1.